The van der Waals surface area contributed by atoms with Crippen molar-refractivity contribution in [2.45, 2.75) is 30.4 Å². The molecular formula is C19H24N2O3S2. The van der Waals surface area contributed by atoms with Gasteiger partial charge in [-0.3, -0.25) is 9.52 Å². The molecule has 2 rings (SSSR count). The maximum absolute atomic E-state index is 12.3. The molecule has 0 saturated heterocycles. The molecule has 0 aromatic heterocycles. The fraction of sp³-hybridized carbons (Fsp3) is 0.316. The highest BCUT2D eigenvalue weighted by molar-refractivity contribution is 8.00. The predicted molar refractivity (Wildman–Crippen MR) is 108 cm³/mol. The molecule has 1 amide bonds. The van der Waals surface area contributed by atoms with E-state index in [-0.39, 0.29) is 15.5 Å². The van der Waals surface area contributed by atoms with Crippen LogP contribution in [0.2, 0.25) is 0 Å². The lowest BCUT2D eigenvalue weighted by Gasteiger charge is -2.17. The number of anilines is 1. The third-order valence-electron chi connectivity index (χ3n) is 3.38. The molecule has 0 aliphatic heterocycles. The minimum Gasteiger partial charge on any atom is -0.351 e. The fourth-order valence-corrected chi connectivity index (χ4v) is 4.02. The zero-order valence-electron chi connectivity index (χ0n) is 15.2. The van der Waals surface area contributed by atoms with Crippen LogP contribution < -0.4 is 10.0 Å². The molecule has 0 unspecified atom stereocenters. The van der Waals surface area contributed by atoms with E-state index in [2.05, 4.69) is 30.8 Å². The zero-order chi connectivity index (χ0) is 19.2. The predicted octanol–water partition coefficient (Wildman–Crippen LogP) is 3.75. The van der Waals surface area contributed by atoms with Gasteiger partial charge in [0.15, 0.2) is 0 Å². The zero-order valence-corrected chi connectivity index (χ0v) is 16.8. The summed E-state index contributed by atoms with van der Waals surface area (Å²) in [6.07, 6.45) is 0. The molecule has 0 fully saturated rings. The highest BCUT2D eigenvalue weighted by Gasteiger charge is 2.14. The van der Waals surface area contributed by atoms with Crippen LogP contribution in [0.5, 0.6) is 0 Å². The minimum absolute atomic E-state index is 0.169. The normalized spacial score (nSPS) is 11.8. The Hall–Kier alpha value is -1.99. The molecule has 5 nitrogen and oxygen atoms in total. The average Bonchev–Trinajstić information content (AvgIpc) is 2.59. The number of hydrogen-bond donors (Lipinski definition) is 2. The van der Waals surface area contributed by atoms with Gasteiger partial charge in [-0.1, -0.05) is 39.0 Å². The van der Waals surface area contributed by atoms with Crippen molar-refractivity contribution in [3.63, 3.8) is 0 Å². The van der Waals surface area contributed by atoms with Crippen molar-refractivity contribution in [3.8, 4) is 0 Å². The van der Waals surface area contributed by atoms with Gasteiger partial charge in [0.05, 0.1) is 4.90 Å². The lowest BCUT2D eigenvalue weighted by Crippen LogP contribution is -2.26. The van der Waals surface area contributed by atoms with E-state index in [1.807, 2.05) is 0 Å². The quantitative estimate of drug-likeness (QED) is 0.704. The molecule has 0 aliphatic carbocycles. The Morgan fingerprint density at radius 3 is 2.19 bits per heavy atom. The number of thioether (sulfide) groups is 1. The molecule has 26 heavy (non-hydrogen) atoms. The summed E-state index contributed by atoms with van der Waals surface area (Å²) in [5.41, 5.74) is 0.905. The van der Waals surface area contributed by atoms with Crippen LogP contribution in [0.15, 0.2) is 59.5 Å². The number of benzene rings is 2. The van der Waals surface area contributed by atoms with Gasteiger partial charge >= 0.3 is 0 Å². The molecular weight excluding hydrogens is 368 g/mol. The molecule has 2 N–H and O–H groups in total. The minimum atomic E-state index is -3.63. The number of amides is 1. The van der Waals surface area contributed by atoms with Gasteiger partial charge in [-0.15, -0.1) is 0 Å². The van der Waals surface area contributed by atoms with E-state index in [4.69, 9.17) is 0 Å². The molecule has 2 aromatic rings. The fourth-order valence-electron chi connectivity index (χ4n) is 2.13. The highest BCUT2D eigenvalue weighted by atomic mass is 32.2. The number of carbonyl (C=O) groups is 1. The molecule has 0 bridgehead atoms. The van der Waals surface area contributed by atoms with Crippen LogP contribution in [0.25, 0.3) is 0 Å². The van der Waals surface area contributed by atoms with Crippen LogP contribution in [0.1, 0.15) is 31.1 Å². The Bertz CT molecular complexity index is 827. The van der Waals surface area contributed by atoms with Gasteiger partial charge < -0.3 is 5.32 Å². The molecule has 0 atom stereocenters. The van der Waals surface area contributed by atoms with E-state index in [1.165, 1.54) is 12.1 Å². The molecule has 2 aromatic carbocycles. The summed E-state index contributed by atoms with van der Waals surface area (Å²) in [6, 6.07) is 14.5. The lowest BCUT2D eigenvalue weighted by atomic mass is 10.2. The van der Waals surface area contributed by atoms with Crippen molar-refractivity contribution in [2.24, 2.45) is 0 Å². The van der Waals surface area contributed by atoms with Crippen LogP contribution in [-0.2, 0) is 10.0 Å². The average molecular weight is 393 g/mol. The summed E-state index contributed by atoms with van der Waals surface area (Å²) in [6.45, 7) is 6.99. The smallest absolute Gasteiger partial charge is 0.261 e. The van der Waals surface area contributed by atoms with Gasteiger partial charge in [0.1, 0.15) is 0 Å². The summed E-state index contributed by atoms with van der Waals surface area (Å²) in [7, 11) is -3.63. The van der Waals surface area contributed by atoms with Gasteiger partial charge in [-0.05, 0) is 36.4 Å². The van der Waals surface area contributed by atoms with Crippen molar-refractivity contribution < 1.29 is 13.2 Å². The second-order valence-corrected chi connectivity index (χ2v) is 10.3. The van der Waals surface area contributed by atoms with Crippen LogP contribution in [0, 0.1) is 0 Å². The van der Waals surface area contributed by atoms with E-state index in [0.29, 0.717) is 17.8 Å². The van der Waals surface area contributed by atoms with Crippen molar-refractivity contribution in [1.29, 1.82) is 0 Å². The number of carbonyl (C=O) groups excluding carboxylic acids is 1. The van der Waals surface area contributed by atoms with Crippen LogP contribution in [0.3, 0.4) is 0 Å². The van der Waals surface area contributed by atoms with Crippen LogP contribution in [0.4, 0.5) is 5.69 Å². The number of sulfonamides is 1. The van der Waals surface area contributed by atoms with Gasteiger partial charge in [0, 0.05) is 28.3 Å². The maximum atomic E-state index is 12.3. The Kier molecular flexibility index (Phi) is 6.72. The molecule has 0 radical (unpaired) electrons. The third kappa shape index (κ3) is 6.38. The summed E-state index contributed by atoms with van der Waals surface area (Å²) in [5, 5.41) is 2.87. The molecule has 0 spiro atoms. The van der Waals surface area contributed by atoms with Gasteiger partial charge in [0.2, 0.25) is 0 Å². The van der Waals surface area contributed by atoms with Crippen molar-refractivity contribution in [1.82, 2.24) is 5.32 Å². The van der Waals surface area contributed by atoms with Crippen LogP contribution >= 0.6 is 11.8 Å². The Balaban J connectivity index is 1.92. The first-order valence-electron chi connectivity index (χ1n) is 8.27. The van der Waals surface area contributed by atoms with Gasteiger partial charge in [-0.2, -0.15) is 11.8 Å². The monoisotopic (exact) mass is 392 g/mol. The topological polar surface area (TPSA) is 75.3 Å². The summed E-state index contributed by atoms with van der Waals surface area (Å²) in [4.78, 5) is 12.3. The number of hydrogen-bond acceptors (Lipinski definition) is 4. The van der Waals surface area contributed by atoms with Crippen molar-refractivity contribution >= 4 is 33.4 Å². The van der Waals surface area contributed by atoms with Gasteiger partial charge in [0.25, 0.3) is 15.9 Å². The molecule has 0 heterocycles. The number of rotatable bonds is 7. The molecule has 0 saturated carbocycles. The summed E-state index contributed by atoms with van der Waals surface area (Å²) < 4.78 is 27.2. The lowest BCUT2D eigenvalue weighted by molar-refractivity contribution is 0.0956. The van der Waals surface area contributed by atoms with Crippen molar-refractivity contribution in [3.05, 3.63) is 60.2 Å². The maximum Gasteiger partial charge on any atom is 0.261 e. The van der Waals surface area contributed by atoms with E-state index in [1.54, 1.807) is 54.2 Å². The Labute approximate surface area is 159 Å². The highest BCUT2D eigenvalue weighted by Crippen LogP contribution is 2.22. The SMILES string of the molecule is CC(C)(C)SCCNC(=O)c1ccc(NS(=O)(=O)c2ccccc2)cc1. The first-order chi connectivity index (χ1) is 12.2. The number of nitrogens with one attached hydrogen (secondary N) is 2. The van der Waals surface area contributed by atoms with Crippen LogP contribution in [-0.4, -0.2) is 31.4 Å². The van der Waals surface area contributed by atoms with E-state index in [9.17, 15) is 13.2 Å². The van der Waals surface area contributed by atoms with E-state index >= 15 is 0 Å². The van der Waals surface area contributed by atoms with E-state index < -0.39 is 10.0 Å². The largest absolute Gasteiger partial charge is 0.351 e. The first-order valence-corrected chi connectivity index (χ1v) is 10.7. The second kappa shape index (κ2) is 8.60. The Morgan fingerprint density at radius 2 is 1.62 bits per heavy atom. The Morgan fingerprint density at radius 1 is 1.00 bits per heavy atom. The molecule has 7 heteroatoms. The summed E-state index contributed by atoms with van der Waals surface area (Å²) in [5.74, 6) is 0.668. The summed E-state index contributed by atoms with van der Waals surface area (Å²) >= 11 is 1.79. The third-order valence-corrected chi connectivity index (χ3v) is 6.05. The molecule has 0 aliphatic rings. The molecule has 140 valence electrons. The van der Waals surface area contributed by atoms with Crippen molar-refractivity contribution in [2.75, 3.05) is 17.0 Å². The van der Waals surface area contributed by atoms with E-state index in [0.717, 1.165) is 5.75 Å². The first kappa shape index (κ1) is 20.3. The van der Waals surface area contributed by atoms with Gasteiger partial charge in [-0.25, -0.2) is 8.42 Å². The standard InChI is InChI=1S/C19H24N2O3S2/c1-19(2,3)25-14-13-20-18(22)15-9-11-16(12-10-15)21-26(23,24)17-7-5-4-6-8-17/h4-12,21H,13-14H2,1-3H3,(H,20,22). The second-order valence-electron chi connectivity index (χ2n) is 6.71.